The number of carbonyl (C=O) groups is 1. The van der Waals surface area contributed by atoms with E-state index in [1.807, 2.05) is 17.9 Å². The molecule has 1 unspecified atom stereocenters. The number of nitrogens with zero attached hydrogens (tertiary/aromatic N) is 5. The quantitative estimate of drug-likeness (QED) is 0.630. The number of amides is 1. The van der Waals surface area contributed by atoms with Crippen molar-refractivity contribution in [3.05, 3.63) is 46.8 Å². The van der Waals surface area contributed by atoms with Crippen molar-refractivity contribution in [2.24, 2.45) is 5.92 Å². The van der Waals surface area contributed by atoms with Crippen LogP contribution in [0.5, 0.6) is 0 Å². The van der Waals surface area contributed by atoms with E-state index in [4.69, 9.17) is 0 Å². The first-order valence-electron chi connectivity index (χ1n) is 10.4. The number of rotatable bonds is 4. The molecule has 2 aliphatic rings. The van der Waals surface area contributed by atoms with Crippen LogP contribution in [0.15, 0.2) is 45.9 Å². The molecule has 166 valence electrons. The van der Waals surface area contributed by atoms with E-state index in [0.717, 1.165) is 23.3 Å². The van der Waals surface area contributed by atoms with Gasteiger partial charge in [-0.1, -0.05) is 15.9 Å². The summed E-state index contributed by atoms with van der Waals surface area (Å²) in [4.78, 5) is 26.0. The maximum atomic E-state index is 13.2. The van der Waals surface area contributed by atoms with E-state index in [2.05, 4.69) is 30.8 Å². The van der Waals surface area contributed by atoms with Crippen LogP contribution in [0, 0.1) is 12.8 Å². The lowest BCUT2D eigenvalue weighted by Gasteiger charge is -2.25. The fourth-order valence-electron chi connectivity index (χ4n) is 4.16. The molecule has 8 nitrogen and oxygen atoms in total. The zero-order valence-corrected chi connectivity index (χ0v) is 19.8. The van der Waals surface area contributed by atoms with E-state index in [1.54, 1.807) is 30.5 Å². The minimum absolute atomic E-state index is 0.0927. The van der Waals surface area contributed by atoms with E-state index in [1.165, 1.54) is 4.31 Å². The second kappa shape index (κ2) is 9.22. The van der Waals surface area contributed by atoms with E-state index in [9.17, 15) is 13.2 Å². The maximum absolute atomic E-state index is 13.2. The Labute approximate surface area is 191 Å². The van der Waals surface area contributed by atoms with Crippen molar-refractivity contribution in [1.29, 1.82) is 0 Å². The Kier molecular flexibility index (Phi) is 6.59. The fourth-order valence-corrected chi connectivity index (χ4v) is 5.89. The van der Waals surface area contributed by atoms with Gasteiger partial charge in [-0.2, -0.15) is 4.31 Å². The molecule has 10 heteroatoms. The van der Waals surface area contributed by atoms with Gasteiger partial charge in [-0.3, -0.25) is 4.79 Å². The molecule has 0 aliphatic carbocycles. The average Bonchev–Trinajstić information content (AvgIpc) is 3.11. The lowest BCUT2D eigenvalue weighted by molar-refractivity contribution is -0.134. The number of anilines is 1. The van der Waals surface area contributed by atoms with Gasteiger partial charge in [0.15, 0.2) is 0 Å². The summed E-state index contributed by atoms with van der Waals surface area (Å²) in [6.45, 7) is 4.99. The molecule has 0 N–H and O–H groups in total. The predicted molar refractivity (Wildman–Crippen MR) is 121 cm³/mol. The summed E-state index contributed by atoms with van der Waals surface area (Å²) in [5, 5.41) is 0. The van der Waals surface area contributed by atoms with Crippen LogP contribution in [0.4, 0.5) is 5.82 Å². The molecule has 2 saturated heterocycles. The first-order valence-corrected chi connectivity index (χ1v) is 12.7. The highest BCUT2D eigenvalue weighted by Crippen LogP contribution is 2.25. The van der Waals surface area contributed by atoms with Gasteiger partial charge in [-0.15, -0.1) is 0 Å². The van der Waals surface area contributed by atoms with E-state index >= 15 is 0 Å². The SMILES string of the molecule is Cc1nccc(N2CCC(C(=O)N3CCCN(S(=O)(=O)c4ccc(Br)cc4)CC3)C2)n1. The van der Waals surface area contributed by atoms with Crippen LogP contribution in [-0.4, -0.2) is 72.8 Å². The number of benzene rings is 1. The molecule has 4 rings (SSSR count). The van der Waals surface area contributed by atoms with Gasteiger partial charge in [0.25, 0.3) is 0 Å². The summed E-state index contributed by atoms with van der Waals surface area (Å²) in [7, 11) is -3.57. The van der Waals surface area contributed by atoms with Gasteiger partial charge in [0, 0.05) is 49.9 Å². The maximum Gasteiger partial charge on any atom is 0.243 e. The topological polar surface area (TPSA) is 86.7 Å². The molecule has 0 radical (unpaired) electrons. The Morgan fingerprint density at radius 2 is 1.84 bits per heavy atom. The highest BCUT2D eigenvalue weighted by molar-refractivity contribution is 9.10. The monoisotopic (exact) mass is 507 g/mol. The molecular weight excluding hydrogens is 482 g/mol. The zero-order valence-electron chi connectivity index (χ0n) is 17.4. The van der Waals surface area contributed by atoms with Crippen molar-refractivity contribution in [2.45, 2.75) is 24.7 Å². The van der Waals surface area contributed by atoms with Crippen LogP contribution in [0.2, 0.25) is 0 Å². The number of halogens is 1. The molecule has 1 amide bonds. The summed E-state index contributed by atoms with van der Waals surface area (Å²) >= 11 is 3.34. The molecule has 31 heavy (non-hydrogen) atoms. The zero-order chi connectivity index (χ0) is 22.0. The lowest BCUT2D eigenvalue weighted by Crippen LogP contribution is -2.40. The first-order chi connectivity index (χ1) is 14.8. The average molecular weight is 508 g/mol. The molecule has 2 fully saturated rings. The minimum atomic E-state index is -3.57. The van der Waals surface area contributed by atoms with Gasteiger partial charge in [-0.05, 0) is 50.1 Å². The Morgan fingerprint density at radius 1 is 1.06 bits per heavy atom. The number of aryl methyl sites for hydroxylation is 1. The summed E-state index contributed by atoms with van der Waals surface area (Å²) in [6.07, 6.45) is 3.14. The number of hydrogen-bond donors (Lipinski definition) is 0. The highest BCUT2D eigenvalue weighted by Gasteiger charge is 2.34. The third-order valence-corrected chi connectivity index (χ3v) is 8.28. The predicted octanol–water partition coefficient (Wildman–Crippen LogP) is 2.30. The smallest absolute Gasteiger partial charge is 0.243 e. The van der Waals surface area contributed by atoms with Crippen LogP contribution in [0.1, 0.15) is 18.7 Å². The normalized spacial score (nSPS) is 20.6. The van der Waals surface area contributed by atoms with E-state index in [-0.39, 0.29) is 16.7 Å². The van der Waals surface area contributed by atoms with Crippen LogP contribution in [0.25, 0.3) is 0 Å². The van der Waals surface area contributed by atoms with Crippen molar-refractivity contribution in [3.63, 3.8) is 0 Å². The standard InChI is InChI=1S/C21H26BrN5O3S/c1-16-23-9-7-20(24-16)26-12-8-17(15-26)21(28)25-10-2-11-27(14-13-25)31(29,30)19-5-3-18(22)4-6-19/h3-7,9,17H,2,8,10-15H2,1H3. The molecule has 1 aromatic heterocycles. The number of sulfonamides is 1. The fraction of sp³-hybridized carbons (Fsp3) is 0.476. The highest BCUT2D eigenvalue weighted by atomic mass is 79.9. The van der Waals surface area contributed by atoms with Crippen LogP contribution in [-0.2, 0) is 14.8 Å². The summed E-state index contributed by atoms with van der Waals surface area (Å²) in [5.41, 5.74) is 0. The Bertz CT molecular complexity index is 1050. The van der Waals surface area contributed by atoms with Crippen LogP contribution >= 0.6 is 15.9 Å². The van der Waals surface area contributed by atoms with Crippen molar-refractivity contribution >= 4 is 37.7 Å². The van der Waals surface area contributed by atoms with Gasteiger partial charge in [0.2, 0.25) is 15.9 Å². The number of carbonyl (C=O) groups excluding carboxylic acids is 1. The molecule has 0 bridgehead atoms. The lowest BCUT2D eigenvalue weighted by atomic mass is 10.1. The van der Waals surface area contributed by atoms with Crippen molar-refractivity contribution in [2.75, 3.05) is 44.2 Å². The minimum Gasteiger partial charge on any atom is -0.356 e. The second-order valence-corrected chi connectivity index (χ2v) is 10.8. The van der Waals surface area contributed by atoms with Crippen LogP contribution in [0.3, 0.4) is 0 Å². The van der Waals surface area contributed by atoms with Crippen molar-refractivity contribution in [1.82, 2.24) is 19.2 Å². The second-order valence-electron chi connectivity index (χ2n) is 7.93. The van der Waals surface area contributed by atoms with Crippen LogP contribution < -0.4 is 4.90 Å². The summed E-state index contributed by atoms with van der Waals surface area (Å²) in [6, 6.07) is 8.54. The Balaban J connectivity index is 1.38. The van der Waals surface area contributed by atoms with Gasteiger partial charge in [-0.25, -0.2) is 18.4 Å². The number of aromatic nitrogens is 2. The first kappa shape index (κ1) is 22.2. The largest absolute Gasteiger partial charge is 0.356 e. The van der Waals surface area contributed by atoms with E-state index < -0.39 is 10.0 Å². The molecule has 0 saturated carbocycles. The van der Waals surface area contributed by atoms with E-state index in [0.29, 0.717) is 45.0 Å². The molecule has 0 spiro atoms. The molecular formula is C21H26BrN5O3S. The Morgan fingerprint density at radius 3 is 2.58 bits per heavy atom. The van der Waals surface area contributed by atoms with Crippen molar-refractivity contribution < 1.29 is 13.2 Å². The number of hydrogen-bond acceptors (Lipinski definition) is 6. The summed E-state index contributed by atoms with van der Waals surface area (Å²) < 4.78 is 28.3. The van der Waals surface area contributed by atoms with Gasteiger partial charge < -0.3 is 9.80 Å². The van der Waals surface area contributed by atoms with Gasteiger partial charge in [0.05, 0.1) is 10.8 Å². The third kappa shape index (κ3) is 4.91. The third-order valence-electron chi connectivity index (χ3n) is 5.84. The molecule has 2 aliphatic heterocycles. The van der Waals surface area contributed by atoms with Gasteiger partial charge >= 0.3 is 0 Å². The molecule has 3 heterocycles. The van der Waals surface area contributed by atoms with Crippen molar-refractivity contribution in [3.8, 4) is 0 Å². The molecule has 1 atom stereocenters. The molecule has 2 aromatic rings. The Hall–Kier alpha value is -2.04. The van der Waals surface area contributed by atoms with Gasteiger partial charge in [0.1, 0.15) is 11.6 Å². The molecule has 1 aromatic carbocycles. The summed E-state index contributed by atoms with van der Waals surface area (Å²) in [5.74, 6) is 1.58.